The third-order valence-corrected chi connectivity index (χ3v) is 5.74. The molecule has 1 heterocycles. The van der Waals surface area contributed by atoms with E-state index in [4.69, 9.17) is 4.74 Å². The Morgan fingerprint density at radius 1 is 1.12 bits per heavy atom. The first-order valence-corrected chi connectivity index (χ1v) is 10.0. The lowest BCUT2D eigenvalue weighted by Gasteiger charge is -2.25. The molecule has 26 heavy (non-hydrogen) atoms. The average molecular weight is 374 g/mol. The second-order valence-electron chi connectivity index (χ2n) is 6.50. The van der Waals surface area contributed by atoms with E-state index < -0.39 is 16.1 Å². The highest BCUT2D eigenvalue weighted by Gasteiger charge is 2.27. The van der Waals surface area contributed by atoms with Gasteiger partial charge in [-0.25, -0.2) is 13.1 Å². The molecule has 2 aromatic rings. The van der Waals surface area contributed by atoms with Crippen molar-refractivity contribution in [2.45, 2.75) is 37.2 Å². The number of carbonyl (C=O) groups is 1. The van der Waals surface area contributed by atoms with Gasteiger partial charge in [-0.2, -0.15) is 0 Å². The van der Waals surface area contributed by atoms with Crippen molar-refractivity contribution in [1.29, 1.82) is 0 Å². The van der Waals surface area contributed by atoms with Crippen LogP contribution in [0.25, 0.3) is 0 Å². The molecule has 0 radical (unpaired) electrons. The molecule has 0 bridgehead atoms. The van der Waals surface area contributed by atoms with Gasteiger partial charge in [0.15, 0.2) is 6.10 Å². The molecule has 1 unspecified atom stereocenters. The number of para-hydroxylation sites is 2. The zero-order valence-corrected chi connectivity index (χ0v) is 15.5. The van der Waals surface area contributed by atoms with Crippen LogP contribution in [-0.2, 0) is 14.8 Å². The number of fused-ring (bicyclic) bond motifs is 1. The largest absolute Gasteiger partial charge is 0.478 e. The van der Waals surface area contributed by atoms with E-state index in [0.717, 1.165) is 5.56 Å². The number of amides is 1. The van der Waals surface area contributed by atoms with E-state index in [0.29, 0.717) is 17.4 Å². The Labute approximate surface area is 153 Å². The standard InChI is InChI=1S/C19H22N2O4S/c1-13(2)14-7-9-15(10-8-14)26(23,24)20-12-11-18-19(22)21-16-5-3-4-6-17(16)25-18/h3-10,13,18,20H,11-12H2,1-2H3,(H,21,22). The van der Waals surface area contributed by atoms with Crippen LogP contribution in [0, 0.1) is 0 Å². The van der Waals surface area contributed by atoms with Crippen LogP contribution in [0.4, 0.5) is 5.69 Å². The topological polar surface area (TPSA) is 84.5 Å². The van der Waals surface area contributed by atoms with Gasteiger partial charge in [0.25, 0.3) is 5.91 Å². The maximum absolute atomic E-state index is 12.4. The van der Waals surface area contributed by atoms with Crippen LogP contribution in [0.2, 0.25) is 0 Å². The number of ether oxygens (including phenoxy) is 1. The number of carbonyl (C=O) groups excluding carboxylic acids is 1. The number of anilines is 1. The lowest BCUT2D eigenvalue weighted by atomic mass is 10.0. The SMILES string of the molecule is CC(C)c1ccc(S(=O)(=O)NCCC2Oc3ccccc3NC2=O)cc1. The molecule has 0 saturated heterocycles. The number of benzene rings is 2. The number of hydrogen-bond acceptors (Lipinski definition) is 4. The van der Waals surface area contributed by atoms with Gasteiger partial charge in [-0.05, 0) is 35.7 Å². The summed E-state index contributed by atoms with van der Waals surface area (Å²) < 4.78 is 33.0. The van der Waals surface area contributed by atoms with E-state index in [1.165, 1.54) is 0 Å². The Morgan fingerprint density at radius 2 is 1.81 bits per heavy atom. The molecule has 138 valence electrons. The summed E-state index contributed by atoms with van der Waals surface area (Å²) in [6.45, 7) is 4.21. The third kappa shape index (κ3) is 4.05. The number of rotatable bonds is 6. The smallest absolute Gasteiger partial charge is 0.265 e. The molecule has 2 aromatic carbocycles. The molecular formula is C19H22N2O4S. The van der Waals surface area contributed by atoms with Crippen molar-refractivity contribution in [1.82, 2.24) is 4.72 Å². The summed E-state index contributed by atoms with van der Waals surface area (Å²) in [5.41, 5.74) is 1.70. The van der Waals surface area contributed by atoms with E-state index in [1.54, 1.807) is 24.3 Å². The molecule has 0 fully saturated rings. The summed E-state index contributed by atoms with van der Waals surface area (Å²) in [4.78, 5) is 12.3. The second kappa shape index (κ2) is 7.47. The minimum atomic E-state index is -3.62. The second-order valence-corrected chi connectivity index (χ2v) is 8.27. The molecule has 1 aliphatic rings. The van der Waals surface area contributed by atoms with E-state index in [1.807, 2.05) is 24.3 Å². The minimum absolute atomic E-state index is 0.106. The van der Waals surface area contributed by atoms with Crippen LogP contribution in [0.5, 0.6) is 5.75 Å². The van der Waals surface area contributed by atoms with Crippen molar-refractivity contribution in [3.8, 4) is 5.75 Å². The first kappa shape index (κ1) is 18.4. The molecule has 1 amide bonds. The molecule has 6 nitrogen and oxygen atoms in total. The van der Waals surface area contributed by atoms with Crippen LogP contribution in [0.15, 0.2) is 53.4 Å². The zero-order valence-electron chi connectivity index (χ0n) is 14.7. The number of nitrogens with one attached hydrogen (secondary N) is 2. The summed E-state index contributed by atoms with van der Waals surface area (Å²) in [5.74, 6) is 0.651. The number of hydrogen-bond donors (Lipinski definition) is 2. The van der Waals surface area contributed by atoms with Crippen molar-refractivity contribution in [2.24, 2.45) is 0 Å². The minimum Gasteiger partial charge on any atom is -0.478 e. The van der Waals surface area contributed by atoms with Gasteiger partial charge >= 0.3 is 0 Å². The molecular weight excluding hydrogens is 352 g/mol. The van der Waals surface area contributed by atoms with Crippen LogP contribution in [0.3, 0.4) is 0 Å². The summed E-state index contributed by atoms with van der Waals surface area (Å²) in [5, 5.41) is 2.76. The van der Waals surface area contributed by atoms with Crippen LogP contribution in [-0.4, -0.2) is 27.0 Å². The summed E-state index contributed by atoms with van der Waals surface area (Å²) in [6.07, 6.45) is -0.486. The fraction of sp³-hybridized carbons (Fsp3) is 0.316. The van der Waals surface area contributed by atoms with E-state index in [-0.39, 0.29) is 23.8 Å². The Morgan fingerprint density at radius 3 is 2.50 bits per heavy atom. The molecule has 1 atom stereocenters. The van der Waals surface area contributed by atoms with Gasteiger partial charge in [0.2, 0.25) is 10.0 Å². The highest BCUT2D eigenvalue weighted by molar-refractivity contribution is 7.89. The maximum Gasteiger partial charge on any atom is 0.265 e. The van der Waals surface area contributed by atoms with Crippen molar-refractivity contribution >= 4 is 21.6 Å². The summed E-state index contributed by atoms with van der Waals surface area (Å²) in [7, 11) is -3.62. The Balaban J connectivity index is 1.59. The summed E-state index contributed by atoms with van der Waals surface area (Å²) in [6, 6.07) is 14.0. The molecule has 3 rings (SSSR count). The Kier molecular flexibility index (Phi) is 5.29. The van der Waals surface area contributed by atoms with E-state index in [2.05, 4.69) is 23.9 Å². The molecule has 0 saturated carbocycles. The number of sulfonamides is 1. The van der Waals surface area contributed by atoms with E-state index in [9.17, 15) is 13.2 Å². The van der Waals surface area contributed by atoms with Gasteiger partial charge in [-0.3, -0.25) is 4.79 Å². The lowest BCUT2D eigenvalue weighted by Crippen LogP contribution is -2.39. The highest BCUT2D eigenvalue weighted by Crippen LogP contribution is 2.29. The molecule has 1 aliphatic heterocycles. The fourth-order valence-corrected chi connectivity index (χ4v) is 3.77. The van der Waals surface area contributed by atoms with Gasteiger partial charge in [-0.15, -0.1) is 0 Å². The maximum atomic E-state index is 12.4. The van der Waals surface area contributed by atoms with Gasteiger partial charge in [0.05, 0.1) is 10.6 Å². The predicted molar refractivity (Wildman–Crippen MR) is 99.8 cm³/mol. The Bertz CT molecular complexity index is 892. The van der Waals surface area contributed by atoms with Gasteiger partial charge in [-0.1, -0.05) is 38.1 Å². The predicted octanol–water partition coefficient (Wildman–Crippen LogP) is 2.88. The quantitative estimate of drug-likeness (QED) is 0.814. The molecule has 7 heteroatoms. The Hall–Kier alpha value is -2.38. The van der Waals surface area contributed by atoms with Gasteiger partial charge < -0.3 is 10.1 Å². The molecule has 0 aromatic heterocycles. The zero-order chi connectivity index (χ0) is 18.7. The molecule has 0 aliphatic carbocycles. The first-order chi connectivity index (χ1) is 12.4. The third-order valence-electron chi connectivity index (χ3n) is 4.26. The van der Waals surface area contributed by atoms with Crippen molar-refractivity contribution in [3.05, 3.63) is 54.1 Å². The van der Waals surface area contributed by atoms with E-state index >= 15 is 0 Å². The normalized spacial score (nSPS) is 16.7. The average Bonchev–Trinajstić information content (AvgIpc) is 2.62. The molecule has 0 spiro atoms. The van der Waals surface area contributed by atoms with Crippen molar-refractivity contribution < 1.29 is 17.9 Å². The first-order valence-electron chi connectivity index (χ1n) is 8.53. The van der Waals surface area contributed by atoms with Crippen LogP contribution in [0.1, 0.15) is 31.7 Å². The van der Waals surface area contributed by atoms with Crippen LogP contribution < -0.4 is 14.8 Å². The fourth-order valence-electron chi connectivity index (χ4n) is 2.72. The van der Waals surface area contributed by atoms with Crippen molar-refractivity contribution in [3.63, 3.8) is 0 Å². The van der Waals surface area contributed by atoms with Gasteiger partial charge in [0, 0.05) is 13.0 Å². The molecule has 2 N–H and O–H groups in total. The van der Waals surface area contributed by atoms with Gasteiger partial charge in [0.1, 0.15) is 5.75 Å². The van der Waals surface area contributed by atoms with Crippen molar-refractivity contribution in [2.75, 3.05) is 11.9 Å². The van der Waals surface area contributed by atoms with Crippen LogP contribution >= 0.6 is 0 Å². The highest BCUT2D eigenvalue weighted by atomic mass is 32.2. The monoisotopic (exact) mass is 374 g/mol. The summed E-state index contributed by atoms with van der Waals surface area (Å²) >= 11 is 0. The lowest BCUT2D eigenvalue weighted by molar-refractivity contribution is -0.123.